The van der Waals surface area contributed by atoms with Gasteiger partial charge in [-0.05, 0) is 48.5 Å². The van der Waals surface area contributed by atoms with Crippen molar-refractivity contribution in [2.45, 2.75) is 0 Å². The van der Waals surface area contributed by atoms with Crippen LogP contribution >= 0.6 is 0 Å². The Morgan fingerprint density at radius 1 is 0.767 bits per heavy atom. The summed E-state index contributed by atoms with van der Waals surface area (Å²) in [5.41, 5.74) is 1.52. The Bertz CT molecular complexity index is 1020. The summed E-state index contributed by atoms with van der Waals surface area (Å²) < 4.78 is 18.2. The average molecular weight is 406 g/mol. The van der Waals surface area contributed by atoms with Gasteiger partial charge in [-0.3, -0.25) is 14.4 Å². The lowest BCUT2D eigenvalue weighted by atomic mass is 10.0. The zero-order chi connectivity index (χ0) is 21.3. The van der Waals surface area contributed by atoms with Gasteiger partial charge in [-0.2, -0.15) is 0 Å². The number of benzene rings is 3. The predicted octanol–water partition coefficient (Wildman–Crippen LogP) is 3.19. The molecule has 0 saturated carbocycles. The molecule has 0 radical (unpaired) electrons. The lowest BCUT2D eigenvalue weighted by Gasteiger charge is -2.09. The Kier molecular flexibility index (Phi) is 6.89. The molecule has 2 N–H and O–H groups in total. The molecule has 3 aromatic rings. The van der Waals surface area contributed by atoms with E-state index >= 15 is 0 Å². The standard InChI is InChI=1S/C23H19FN2O4/c24-18-8-10-19(11-9-18)26-21(27)14-25-22(28)15-30-20-12-6-17(7-13-20)23(29)16-4-2-1-3-5-16/h1-13H,14-15H2,(H,25,28)(H,26,27). The van der Waals surface area contributed by atoms with Crippen LogP contribution in [-0.2, 0) is 9.59 Å². The molecule has 0 aliphatic rings. The fourth-order valence-corrected chi connectivity index (χ4v) is 2.58. The molecule has 0 unspecified atom stereocenters. The number of carbonyl (C=O) groups excluding carboxylic acids is 3. The van der Waals surface area contributed by atoms with Crippen molar-refractivity contribution in [3.05, 3.63) is 95.8 Å². The molecular weight excluding hydrogens is 387 g/mol. The highest BCUT2D eigenvalue weighted by atomic mass is 19.1. The molecule has 3 aromatic carbocycles. The van der Waals surface area contributed by atoms with E-state index in [1.165, 1.54) is 24.3 Å². The summed E-state index contributed by atoms with van der Waals surface area (Å²) in [6.45, 7) is -0.528. The van der Waals surface area contributed by atoms with Crippen LogP contribution in [0, 0.1) is 5.82 Å². The van der Waals surface area contributed by atoms with Gasteiger partial charge in [0.05, 0.1) is 6.54 Å². The fourth-order valence-electron chi connectivity index (χ4n) is 2.58. The molecule has 0 saturated heterocycles. The van der Waals surface area contributed by atoms with Crippen LogP contribution in [0.4, 0.5) is 10.1 Å². The SMILES string of the molecule is O=C(COc1ccc(C(=O)c2ccccc2)cc1)NCC(=O)Nc1ccc(F)cc1. The molecule has 0 heterocycles. The van der Waals surface area contributed by atoms with E-state index in [2.05, 4.69) is 10.6 Å². The number of ketones is 1. The summed E-state index contributed by atoms with van der Waals surface area (Å²) in [5, 5.41) is 4.97. The number of anilines is 1. The molecule has 0 fully saturated rings. The van der Waals surface area contributed by atoms with Crippen LogP contribution in [-0.4, -0.2) is 30.7 Å². The third-order valence-electron chi connectivity index (χ3n) is 4.10. The zero-order valence-electron chi connectivity index (χ0n) is 15.9. The Labute approximate surface area is 172 Å². The molecule has 0 aromatic heterocycles. The van der Waals surface area contributed by atoms with Crippen LogP contribution in [0.15, 0.2) is 78.9 Å². The van der Waals surface area contributed by atoms with Gasteiger partial charge in [0.15, 0.2) is 12.4 Å². The summed E-state index contributed by atoms with van der Waals surface area (Å²) >= 11 is 0. The van der Waals surface area contributed by atoms with Gasteiger partial charge in [-0.25, -0.2) is 4.39 Å². The van der Waals surface area contributed by atoms with E-state index in [0.29, 0.717) is 22.6 Å². The minimum atomic E-state index is -0.478. The molecule has 0 bridgehead atoms. The van der Waals surface area contributed by atoms with Gasteiger partial charge in [0.25, 0.3) is 5.91 Å². The first-order valence-corrected chi connectivity index (χ1v) is 9.16. The van der Waals surface area contributed by atoms with Crippen molar-refractivity contribution in [1.29, 1.82) is 0 Å². The molecule has 30 heavy (non-hydrogen) atoms. The van der Waals surface area contributed by atoms with Crippen LogP contribution in [0.5, 0.6) is 5.75 Å². The molecule has 0 spiro atoms. The number of hydrogen-bond donors (Lipinski definition) is 2. The van der Waals surface area contributed by atoms with E-state index in [-0.39, 0.29) is 18.9 Å². The fraction of sp³-hybridized carbons (Fsp3) is 0.0870. The Balaban J connectivity index is 1.42. The monoisotopic (exact) mass is 406 g/mol. The molecular formula is C23H19FN2O4. The maximum Gasteiger partial charge on any atom is 0.258 e. The first kappa shape index (κ1) is 20.7. The van der Waals surface area contributed by atoms with Crippen molar-refractivity contribution in [1.82, 2.24) is 5.32 Å². The van der Waals surface area contributed by atoms with Gasteiger partial charge < -0.3 is 15.4 Å². The molecule has 152 valence electrons. The lowest BCUT2D eigenvalue weighted by Crippen LogP contribution is -2.35. The Morgan fingerprint density at radius 3 is 2.07 bits per heavy atom. The number of halogens is 1. The summed E-state index contributed by atoms with van der Waals surface area (Å²) in [7, 11) is 0. The molecule has 6 nitrogen and oxygen atoms in total. The van der Waals surface area contributed by atoms with Crippen molar-refractivity contribution in [2.75, 3.05) is 18.5 Å². The number of hydrogen-bond acceptors (Lipinski definition) is 4. The molecule has 0 aliphatic heterocycles. The average Bonchev–Trinajstić information content (AvgIpc) is 2.78. The van der Waals surface area contributed by atoms with Gasteiger partial charge in [0.1, 0.15) is 11.6 Å². The quantitative estimate of drug-likeness (QED) is 0.563. The van der Waals surface area contributed by atoms with Crippen molar-refractivity contribution in [3.8, 4) is 5.75 Å². The third kappa shape index (κ3) is 6.00. The minimum Gasteiger partial charge on any atom is -0.484 e. The normalized spacial score (nSPS) is 10.2. The molecule has 3 rings (SSSR count). The summed E-state index contributed by atoms with van der Waals surface area (Å²) in [4.78, 5) is 36.0. The van der Waals surface area contributed by atoms with E-state index in [4.69, 9.17) is 4.74 Å². The number of carbonyl (C=O) groups is 3. The minimum absolute atomic E-state index is 0.105. The van der Waals surface area contributed by atoms with Gasteiger partial charge in [0.2, 0.25) is 5.91 Å². The molecule has 0 atom stereocenters. The first-order chi connectivity index (χ1) is 14.5. The molecule has 7 heteroatoms. The highest BCUT2D eigenvalue weighted by molar-refractivity contribution is 6.09. The van der Waals surface area contributed by atoms with E-state index in [0.717, 1.165) is 0 Å². The summed E-state index contributed by atoms with van der Waals surface area (Å²) in [6, 6.07) is 20.6. The maximum absolute atomic E-state index is 12.8. The van der Waals surface area contributed by atoms with Crippen LogP contribution in [0.2, 0.25) is 0 Å². The second kappa shape index (κ2) is 9.97. The number of nitrogens with one attached hydrogen (secondary N) is 2. The highest BCUT2D eigenvalue weighted by Crippen LogP contribution is 2.15. The van der Waals surface area contributed by atoms with Crippen LogP contribution < -0.4 is 15.4 Å². The Hall–Kier alpha value is -4.00. The molecule has 2 amide bonds. The lowest BCUT2D eigenvalue weighted by molar-refractivity contribution is -0.125. The van der Waals surface area contributed by atoms with Crippen molar-refractivity contribution in [2.24, 2.45) is 0 Å². The largest absolute Gasteiger partial charge is 0.484 e. The van der Waals surface area contributed by atoms with Gasteiger partial charge in [-0.15, -0.1) is 0 Å². The molecule has 0 aliphatic carbocycles. The van der Waals surface area contributed by atoms with E-state index in [9.17, 15) is 18.8 Å². The van der Waals surface area contributed by atoms with Gasteiger partial charge >= 0.3 is 0 Å². The predicted molar refractivity (Wildman–Crippen MR) is 110 cm³/mol. The second-order valence-electron chi connectivity index (χ2n) is 6.34. The Morgan fingerprint density at radius 2 is 1.40 bits per heavy atom. The van der Waals surface area contributed by atoms with Gasteiger partial charge in [0, 0.05) is 16.8 Å². The van der Waals surface area contributed by atoms with Crippen LogP contribution in [0.1, 0.15) is 15.9 Å². The smallest absolute Gasteiger partial charge is 0.258 e. The van der Waals surface area contributed by atoms with E-state index in [1.807, 2.05) is 6.07 Å². The van der Waals surface area contributed by atoms with E-state index < -0.39 is 17.6 Å². The van der Waals surface area contributed by atoms with E-state index in [1.54, 1.807) is 48.5 Å². The van der Waals surface area contributed by atoms with Crippen molar-refractivity contribution >= 4 is 23.3 Å². The van der Waals surface area contributed by atoms with Crippen LogP contribution in [0.3, 0.4) is 0 Å². The van der Waals surface area contributed by atoms with Crippen molar-refractivity contribution < 1.29 is 23.5 Å². The number of ether oxygens (including phenoxy) is 1. The summed E-state index contributed by atoms with van der Waals surface area (Å²) in [6.07, 6.45) is 0. The third-order valence-corrected chi connectivity index (χ3v) is 4.10. The zero-order valence-corrected chi connectivity index (χ0v) is 15.9. The second-order valence-corrected chi connectivity index (χ2v) is 6.34. The summed E-state index contributed by atoms with van der Waals surface area (Å²) in [5.74, 6) is -1.01. The maximum atomic E-state index is 12.8. The topological polar surface area (TPSA) is 84.5 Å². The van der Waals surface area contributed by atoms with Gasteiger partial charge in [-0.1, -0.05) is 30.3 Å². The van der Waals surface area contributed by atoms with Crippen LogP contribution in [0.25, 0.3) is 0 Å². The number of rotatable bonds is 8. The number of amides is 2. The van der Waals surface area contributed by atoms with Crippen molar-refractivity contribution in [3.63, 3.8) is 0 Å². The highest BCUT2D eigenvalue weighted by Gasteiger charge is 2.10. The first-order valence-electron chi connectivity index (χ1n) is 9.16.